The van der Waals surface area contributed by atoms with E-state index in [2.05, 4.69) is 33.2 Å². The summed E-state index contributed by atoms with van der Waals surface area (Å²) < 4.78 is 11.2. The van der Waals surface area contributed by atoms with Crippen LogP contribution in [0.3, 0.4) is 0 Å². The second kappa shape index (κ2) is 12.1. The average molecular weight is 545 g/mol. The number of anilines is 1. The molecule has 2 saturated carbocycles. The van der Waals surface area contributed by atoms with Gasteiger partial charge in [0.1, 0.15) is 18.2 Å². The van der Waals surface area contributed by atoms with Crippen molar-refractivity contribution in [2.45, 2.75) is 83.6 Å². The number of Topliss-reactive ketones (excluding diaryl/α,β-unsaturated/α-hetero) is 1. The lowest BCUT2D eigenvalue weighted by Gasteiger charge is -2.46. The average Bonchev–Trinajstić information content (AvgIpc) is 3.45. The van der Waals surface area contributed by atoms with Crippen molar-refractivity contribution in [2.75, 3.05) is 18.4 Å². The first-order chi connectivity index (χ1) is 19.5. The van der Waals surface area contributed by atoms with Crippen molar-refractivity contribution < 1.29 is 19.1 Å². The van der Waals surface area contributed by atoms with Crippen molar-refractivity contribution in [1.29, 1.82) is 0 Å². The number of carbonyl (C=O) groups excluding carboxylic acids is 1. The van der Waals surface area contributed by atoms with Crippen molar-refractivity contribution in [1.82, 2.24) is 14.9 Å². The molecule has 2 aliphatic carbocycles. The Kier molecular flexibility index (Phi) is 8.16. The van der Waals surface area contributed by atoms with Crippen LogP contribution in [0.2, 0.25) is 0 Å². The molecular weight excluding hydrogens is 504 g/mol. The number of β-amino-alcohol motifs (C(OH)–C–C–N with tert-alkyl or cyclic N) is 1. The van der Waals surface area contributed by atoms with Crippen LogP contribution in [0.4, 0.5) is 5.82 Å². The largest absolute Gasteiger partial charge is 0.485 e. The Labute approximate surface area is 236 Å². The first-order valence-corrected chi connectivity index (χ1v) is 14.8. The molecule has 3 aromatic rings. The van der Waals surface area contributed by atoms with Crippen LogP contribution < -0.4 is 10.1 Å². The quantitative estimate of drug-likeness (QED) is 0.295. The first kappa shape index (κ1) is 27.0. The van der Waals surface area contributed by atoms with Crippen molar-refractivity contribution in [3.8, 4) is 5.75 Å². The summed E-state index contributed by atoms with van der Waals surface area (Å²) in [6.45, 7) is 4.67. The van der Waals surface area contributed by atoms with Gasteiger partial charge < -0.3 is 19.6 Å². The molecule has 8 nitrogen and oxygen atoms in total. The molecule has 0 saturated heterocycles. The number of nitrogens with one attached hydrogen (secondary N) is 1. The van der Waals surface area contributed by atoms with Gasteiger partial charge in [-0.3, -0.25) is 9.69 Å². The SMILES string of the molecule is Cc1c(OCc2cnco2)ccc2c1CCN(C[C@@H](O)CCC(=O)c1ccnc(NC3CCC3C3CCC3)c1)C2. The predicted octanol–water partition coefficient (Wildman–Crippen LogP) is 5.33. The molecule has 212 valence electrons. The number of hydrogen-bond donors (Lipinski definition) is 2. The number of hydrogen-bond acceptors (Lipinski definition) is 8. The Morgan fingerprint density at radius 3 is 2.90 bits per heavy atom. The number of fused-ring (bicyclic) bond motifs is 1. The lowest BCUT2D eigenvalue weighted by molar-refractivity contribution is 0.0836. The number of benzene rings is 1. The number of ether oxygens (including phenoxy) is 1. The van der Waals surface area contributed by atoms with E-state index < -0.39 is 6.10 Å². The molecule has 0 radical (unpaired) electrons. The Hall–Kier alpha value is -3.23. The molecule has 0 bridgehead atoms. The fraction of sp³-hybridized carbons (Fsp3) is 0.531. The molecule has 3 atom stereocenters. The second-order valence-corrected chi connectivity index (χ2v) is 11.8. The summed E-state index contributed by atoms with van der Waals surface area (Å²) in [6, 6.07) is 8.30. The van der Waals surface area contributed by atoms with Crippen LogP contribution in [-0.4, -0.2) is 51.0 Å². The maximum atomic E-state index is 13.0. The van der Waals surface area contributed by atoms with E-state index in [9.17, 15) is 9.90 Å². The van der Waals surface area contributed by atoms with Crippen molar-refractivity contribution in [3.05, 3.63) is 71.1 Å². The fourth-order valence-electron chi connectivity index (χ4n) is 6.49. The topological polar surface area (TPSA) is 101 Å². The molecule has 2 N–H and O–H groups in total. The van der Waals surface area contributed by atoms with Gasteiger partial charge in [-0.2, -0.15) is 0 Å². The van der Waals surface area contributed by atoms with Crippen LogP contribution in [0, 0.1) is 18.8 Å². The fourth-order valence-corrected chi connectivity index (χ4v) is 6.49. The summed E-state index contributed by atoms with van der Waals surface area (Å²) in [5.41, 5.74) is 4.42. The van der Waals surface area contributed by atoms with Gasteiger partial charge in [-0.05, 0) is 79.3 Å². The molecule has 0 spiro atoms. The monoisotopic (exact) mass is 544 g/mol. The zero-order chi connectivity index (χ0) is 27.5. The standard InChI is InChI=1S/C32H40N4O4/c1-21-27-12-14-36(17-24(27)5-10-31(21)39-19-26-16-33-20-40-26)18-25(37)6-9-30(38)23-11-13-34-32(15-23)35-29-8-7-28(29)22-3-2-4-22/h5,10-11,13,15-16,20,22,25,28-29,37H,2-4,6-9,12,14,17-19H2,1H3,(H,34,35)/t25-,28?,29?/m0/s1. The lowest BCUT2D eigenvalue weighted by atomic mass is 9.64. The van der Waals surface area contributed by atoms with E-state index in [-0.39, 0.29) is 5.78 Å². The van der Waals surface area contributed by atoms with E-state index in [0.717, 1.165) is 48.5 Å². The molecular formula is C32H40N4O4. The van der Waals surface area contributed by atoms with Gasteiger partial charge in [-0.25, -0.2) is 9.97 Å². The summed E-state index contributed by atoms with van der Waals surface area (Å²) in [4.78, 5) is 23.6. The van der Waals surface area contributed by atoms with Crippen LogP contribution >= 0.6 is 0 Å². The van der Waals surface area contributed by atoms with E-state index in [0.29, 0.717) is 43.4 Å². The summed E-state index contributed by atoms with van der Waals surface area (Å²) in [7, 11) is 0. The molecule has 8 heteroatoms. The maximum Gasteiger partial charge on any atom is 0.181 e. The Morgan fingerprint density at radius 1 is 1.25 bits per heavy atom. The van der Waals surface area contributed by atoms with Gasteiger partial charge >= 0.3 is 0 Å². The summed E-state index contributed by atoms with van der Waals surface area (Å²) >= 11 is 0. The number of rotatable bonds is 12. The Balaban J connectivity index is 0.967. The number of oxazole rings is 1. The molecule has 1 aromatic carbocycles. The van der Waals surface area contributed by atoms with Crippen LogP contribution in [0.1, 0.15) is 77.8 Å². The lowest BCUT2D eigenvalue weighted by Crippen LogP contribution is -2.44. The minimum Gasteiger partial charge on any atom is -0.485 e. The molecule has 3 aliphatic rings. The highest BCUT2D eigenvalue weighted by molar-refractivity contribution is 5.96. The van der Waals surface area contributed by atoms with Gasteiger partial charge in [0.15, 0.2) is 17.9 Å². The predicted molar refractivity (Wildman–Crippen MR) is 152 cm³/mol. The summed E-state index contributed by atoms with van der Waals surface area (Å²) in [5, 5.41) is 14.4. The van der Waals surface area contributed by atoms with Crippen LogP contribution in [-0.2, 0) is 19.6 Å². The van der Waals surface area contributed by atoms with Crippen molar-refractivity contribution >= 4 is 11.6 Å². The molecule has 1 aliphatic heterocycles. The third-order valence-corrected chi connectivity index (χ3v) is 9.24. The van der Waals surface area contributed by atoms with Crippen LogP contribution in [0.25, 0.3) is 0 Å². The Morgan fingerprint density at radius 2 is 2.15 bits per heavy atom. The zero-order valence-corrected chi connectivity index (χ0v) is 23.3. The van der Waals surface area contributed by atoms with Gasteiger partial charge in [0.05, 0.1) is 12.3 Å². The summed E-state index contributed by atoms with van der Waals surface area (Å²) in [5.74, 6) is 4.05. The maximum absolute atomic E-state index is 13.0. The third-order valence-electron chi connectivity index (χ3n) is 9.24. The number of aliphatic hydroxyl groups excluding tert-OH is 1. The van der Waals surface area contributed by atoms with Gasteiger partial charge in [-0.15, -0.1) is 0 Å². The number of aromatic nitrogens is 2. The van der Waals surface area contributed by atoms with Crippen LogP contribution in [0.5, 0.6) is 5.75 Å². The minimum atomic E-state index is -0.547. The number of nitrogens with zero attached hydrogens (tertiary/aromatic N) is 3. The number of aliphatic hydroxyl groups is 1. The van der Waals surface area contributed by atoms with Gasteiger partial charge in [0.25, 0.3) is 0 Å². The number of carbonyl (C=O) groups is 1. The molecule has 3 heterocycles. The first-order valence-electron chi connectivity index (χ1n) is 14.8. The molecule has 2 unspecified atom stereocenters. The molecule has 40 heavy (non-hydrogen) atoms. The molecule has 6 rings (SSSR count). The molecule has 2 aromatic heterocycles. The second-order valence-electron chi connectivity index (χ2n) is 11.8. The minimum absolute atomic E-state index is 0.0612. The van der Waals surface area contributed by atoms with E-state index in [1.165, 1.54) is 49.6 Å². The Bertz CT molecular complexity index is 1310. The van der Waals surface area contributed by atoms with Gasteiger partial charge in [-0.1, -0.05) is 25.3 Å². The van der Waals surface area contributed by atoms with Crippen molar-refractivity contribution in [2.24, 2.45) is 11.8 Å². The van der Waals surface area contributed by atoms with E-state index in [1.54, 1.807) is 18.5 Å². The van der Waals surface area contributed by atoms with E-state index >= 15 is 0 Å². The highest BCUT2D eigenvalue weighted by Gasteiger charge is 2.39. The highest BCUT2D eigenvalue weighted by atomic mass is 16.5. The zero-order valence-electron chi connectivity index (χ0n) is 23.3. The summed E-state index contributed by atoms with van der Waals surface area (Å²) in [6.07, 6.45) is 12.5. The number of ketones is 1. The molecule has 2 fully saturated rings. The third kappa shape index (κ3) is 6.08. The molecule has 0 amide bonds. The van der Waals surface area contributed by atoms with E-state index in [4.69, 9.17) is 9.15 Å². The normalized spacial score (nSPS) is 21.6. The van der Waals surface area contributed by atoms with Crippen molar-refractivity contribution in [3.63, 3.8) is 0 Å². The van der Waals surface area contributed by atoms with Gasteiger partial charge in [0.2, 0.25) is 0 Å². The van der Waals surface area contributed by atoms with Gasteiger partial charge in [0, 0.05) is 43.9 Å². The van der Waals surface area contributed by atoms with Crippen LogP contribution in [0.15, 0.2) is 47.5 Å². The van der Waals surface area contributed by atoms with E-state index in [1.807, 2.05) is 12.1 Å². The smallest absolute Gasteiger partial charge is 0.181 e. The number of pyridine rings is 1. The highest BCUT2D eigenvalue weighted by Crippen LogP contribution is 2.45.